The number of hydrogen-bond acceptors (Lipinski definition) is 3. The van der Waals surface area contributed by atoms with E-state index >= 15 is 0 Å². The number of fused-ring (bicyclic) bond motifs is 1. The molecule has 0 fully saturated rings. The van der Waals surface area contributed by atoms with Gasteiger partial charge in [-0.25, -0.2) is 4.98 Å². The normalized spacial score (nSPS) is 11.1. The van der Waals surface area contributed by atoms with Gasteiger partial charge in [-0.2, -0.15) is 0 Å². The third-order valence-electron chi connectivity index (χ3n) is 4.74. The van der Waals surface area contributed by atoms with Crippen molar-refractivity contribution >= 4 is 22.6 Å². The smallest absolute Gasteiger partial charge is 0.260 e. The fourth-order valence-electron chi connectivity index (χ4n) is 3.52. The summed E-state index contributed by atoms with van der Waals surface area (Å²) in [7, 11) is 0. The summed E-state index contributed by atoms with van der Waals surface area (Å²) in [5.41, 5.74) is 3.56. The Morgan fingerprint density at radius 2 is 1.82 bits per heavy atom. The molecule has 0 spiro atoms. The monoisotopic (exact) mass is 391 g/mol. The molecule has 5 nitrogen and oxygen atoms in total. The minimum absolute atomic E-state index is 0.186. The van der Waals surface area contributed by atoms with Gasteiger partial charge in [0, 0.05) is 40.5 Å². The molecule has 28 heavy (non-hydrogen) atoms. The predicted molar refractivity (Wildman–Crippen MR) is 113 cm³/mol. The van der Waals surface area contributed by atoms with Gasteiger partial charge in [0.15, 0.2) is 0 Å². The van der Waals surface area contributed by atoms with E-state index in [0.717, 1.165) is 22.2 Å². The average Bonchev–Trinajstić information content (AvgIpc) is 2.67. The maximum absolute atomic E-state index is 13.5. The Labute approximate surface area is 166 Å². The molecule has 0 unspecified atom stereocenters. The van der Waals surface area contributed by atoms with Crippen molar-refractivity contribution in [2.24, 2.45) is 0 Å². The van der Waals surface area contributed by atoms with Crippen LogP contribution in [0, 0.1) is 6.92 Å². The number of rotatable bonds is 3. The van der Waals surface area contributed by atoms with Crippen LogP contribution in [-0.4, -0.2) is 14.5 Å². The Balaban J connectivity index is 2.25. The number of nitrogens with zero attached hydrogens (tertiary/aromatic N) is 2. The third kappa shape index (κ3) is 3.04. The second kappa shape index (κ2) is 7.09. The third-order valence-corrected chi connectivity index (χ3v) is 4.98. The van der Waals surface area contributed by atoms with Crippen molar-refractivity contribution in [1.82, 2.24) is 14.5 Å². The minimum Gasteiger partial charge on any atom is -0.329 e. The van der Waals surface area contributed by atoms with Gasteiger partial charge in [-0.05, 0) is 55.3 Å². The van der Waals surface area contributed by atoms with Crippen LogP contribution in [0.1, 0.15) is 12.6 Å². The van der Waals surface area contributed by atoms with E-state index in [9.17, 15) is 9.59 Å². The van der Waals surface area contributed by atoms with Crippen LogP contribution in [0.5, 0.6) is 0 Å². The van der Waals surface area contributed by atoms with Gasteiger partial charge in [0.2, 0.25) is 5.56 Å². The van der Waals surface area contributed by atoms with Gasteiger partial charge in [0.05, 0.1) is 5.56 Å². The first-order valence-electron chi connectivity index (χ1n) is 8.99. The molecule has 0 aliphatic carbocycles. The molecule has 3 heterocycles. The highest BCUT2D eigenvalue weighted by Crippen LogP contribution is 2.36. The molecule has 6 heteroatoms. The molecule has 0 bridgehead atoms. The Morgan fingerprint density at radius 1 is 1.04 bits per heavy atom. The van der Waals surface area contributed by atoms with Crippen LogP contribution in [-0.2, 0) is 6.54 Å². The van der Waals surface area contributed by atoms with Crippen LogP contribution < -0.4 is 11.1 Å². The molecule has 0 radical (unpaired) electrons. The predicted octanol–water partition coefficient (Wildman–Crippen LogP) is 4.40. The molecule has 1 aromatic carbocycles. The first-order chi connectivity index (χ1) is 13.5. The summed E-state index contributed by atoms with van der Waals surface area (Å²) >= 11 is 6.24. The standard InChI is InChI=1S/C22H18ClN3O2/c1-3-26-21-17(8-7-13(2)25-21)19(14-5-4-6-16(23)11-14)20(22(26)28)15-9-10-24-18(27)12-15/h4-12H,3H2,1-2H3,(H,24,27). The average molecular weight is 392 g/mol. The van der Waals surface area contributed by atoms with Crippen LogP contribution in [0.3, 0.4) is 0 Å². The van der Waals surface area contributed by atoms with Gasteiger partial charge >= 0.3 is 0 Å². The summed E-state index contributed by atoms with van der Waals surface area (Å²) < 4.78 is 1.65. The van der Waals surface area contributed by atoms with Gasteiger partial charge in [-0.1, -0.05) is 23.7 Å². The van der Waals surface area contributed by atoms with Gasteiger partial charge in [-0.15, -0.1) is 0 Å². The quantitative estimate of drug-likeness (QED) is 0.562. The van der Waals surface area contributed by atoms with Crippen molar-refractivity contribution < 1.29 is 0 Å². The maximum atomic E-state index is 13.5. The largest absolute Gasteiger partial charge is 0.329 e. The van der Waals surface area contributed by atoms with Crippen LogP contribution in [0.2, 0.25) is 5.02 Å². The molecule has 4 rings (SSSR count). The molecular formula is C22H18ClN3O2. The number of aromatic nitrogens is 3. The fraction of sp³-hybridized carbons (Fsp3) is 0.136. The molecular weight excluding hydrogens is 374 g/mol. The summed E-state index contributed by atoms with van der Waals surface area (Å²) in [6.07, 6.45) is 1.55. The van der Waals surface area contributed by atoms with Crippen LogP contribution in [0.4, 0.5) is 0 Å². The van der Waals surface area contributed by atoms with E-state index in [1.165, 1.54) is 6.07 Å². The molecule has 0 amide bonds. The summed E-state index contributed by atoms with van der Waals surface area (Å²) in [5, 5.41) is 1.41. The van der Waals surface area contributed by atoms with Crippen molar-refractivity contribution in [2.75, 3.05) is 0 Å². The molecule has 0 aliphatic rings. The Hall–Kier alpha value is -3.18. The lowest BCUT2D eigenvalue weighted by Gasteiger charge is -2.17. The highest BCUT2D eigenvalue weighted by molar-refractivity contribution is 6.31. The van der Waals surface area contributed by atoms with E-state index < -0.39 is 0 Å². The molecule has 0 aliphatic heterocycles. The number of nitrogens with one attached hydrogen (secondary N) is 1. The number of hydrogen-bond donors (Lipinski definition) is 1. The summed E-state index contributed by atoms with van der Waals surface area (Å²) in [5.74, 6) is 0. The van der Waals surface area contributed by atoms with Crippen LogP contribution >= 0.6 is 11.6 Å². The molecule has 0 saturated carbocycles. The zero-order chi connectivity index (χ0) is 19.8. The maximum Gasteiger partial charge on any atom is 0.260 e. The number of halogens is 1. The lowest BCUT2D eigenvalue weighted by molar-refractivity contribution is 0.750. The van der Waals surface area contributed by atoms with Gasteiger partial charge < -0.3 is 4.98 Å². The van der Waals surface area contributed by atoms with E-state index in [-0.39, 0.29) is 11.1 Å². The van der Waals surface area contributed by atoms with Gasteiger partial charge in [0.25, 0.3) is 5.56 Å². The zero-order valence-electron chi connectivity index (χ0n) is 15.5. The van der Waals surface area contributed by atoms with Crippen molar-refractivity contribution in [3.63, 3.8) is 0 Å². The van der Waals surface area contributed by atoms with E-state index in [0.29, 0.717) is 28.3 Å². The van der Waals surface area contributed by atoms with Crippen LogP contribution in [0.25, 0.3) is 33.3 Å². The first-order valence-corrected chi connectivity index (χ1v) is 9.36. The highest BCUT2D eigenvalue weighted by Gasteiger charge is 2.20. The van der Waals surface area contributed by atoms with Gasteiger partial charge in [-0.3, -0.25) is 14.2 Å². The Kier molecular flexibility index (Phi) is 4.61. The molecule has 0 saturated heterocycles. The zero-order valence-corrected chi connectivity index (χ0v) is 16.2. The van der Waals surface area contributed by atoms with Gasteiger partial charge in [0.1, 0.15) is 5.65 Å². The topological polar surface area (TPSA) is 67.8 Å². The Bertz CT molecular complexity index is 1320. The Morgan fingerprint density at radius 3 is 2.54 bits per heavy atom. The fourth-order valence-corrected chi connectivity index (χ4v) is 3.71. The highest BCUT2D eigenvalue weighted by atomic mass is 35.5. The van der Waals surface area contributed by atoms with Crippen molar-refractivity contribution in [3.05, 3.63) is 86.2 Å². The van der Waals surface area contributed by atoms with E-state index in [2.05, 4.69) is 9.97 Å². The van der Waals surface area contributed by atoms with Crippen molar-refractivity contribution in [1.29, 1.82) is 0 Å². The minimum atomic E-state index is -0.265. The second-order valence-corrected chi connectivity index (χ2v) is 7.01. The van der Waals surface area contributed by atoms with Crippen LogP contribution in [0.15, 0.2) is 64.3 Å². The lowest BCUT2D eigenvalue weighted by atomic mass is 9.93. The van der Waals surface area contributed by atoms with Crippen molar-refractivity contribution in [3.8, 4) is 22.3 Å². The molecule has 0 atom stereocenters. The molecule has 1 N–H and O–H groups in total. The second-order valence-electron chi connectivity index (χ2n) is 6.58. The molecule has 140 valence electrons. The number of pyridine rings is 3. The SMILES string of the molecule is CCn1c(=O)c(-c2cc[nH]c(=O)c2)c(-c2cccc(Cl)c2)c2ccc(C)nc21. The molecule has 4 aromatic rings. The number of aromatic amines is 1. The van der Waals surface area contributed by atoms with Crippen molar-refractivity contribution in [2.45, 2.75) is 20.4 Å². The number of benzene rings is 1. The summed E-state index contributed by atoms with van der Waals surface area (Å²) in [4.78, 5) is 32.7. The number of aryl methyl sites for hydroxylation is 2. The lowest BCUT2D eigenvalue weighted by Crippen LogP contribution is -2.24. The summed E-state index contributed by atoms with van der Waals surface area (Å²) in [6.45, 7) is 4.27. The van der Waals surface area contributed by atoms with E-state index in [1.807, 2.05) is 44.2 Å². The van der Waals surface area contributed by atoms with E-state index in [4.69, 9.17) is 11.6 Å². The first kappa shape index (κ1) is 18.2. The van der Waals surface area contributed by atoms with E-state index in [1.54, 1.807) is 22.9 Å². The number of H-pyrrole nitrogens is 1. The molecule has 3 aromatic heterocycles. The summed E-state index contributed by atoms with van der Waals surface area (Å²) in [6, 6.07) is 14.4.